The van der Waals surface area contributed by atoms with Crippen LogP contribution in [0.25, 0.3) is 0 Å². The third kappa shape index (κ3) is 1.09. The zero-order valence-electron chi connectivity index (χ0n) is 10.6. The Morgan fingerprint density at radius 2 is 1.93 bits per heavy atom. The van der Waals surface area contributed by atoms with Crippen LogP contribution < -0.4 is 0 Å². The molecule has 0 aliphatic heterocycles. The molecule has 2 saturated carbocycles. The van der Waals surface area contributed by atoms with E-state index in [1.54, 1.807) is 0 Å². The van der Waals surface area contributed by atoms with Crippen LogP contribution in [0.5, 0.6) is 0 Å². The summed E-state index contributed by atoms with van der Waals surface area (Å²) in [6.45, 7) is 9.85. The van der Waals surface area contributed by atoms with Crippen molar-refractivity contribution < 1.29 is 0 Å². The van der Waals surface area contributed by atoms with Crippen molar-refractivity contribution in [1.29, 1.82) is 0 Å². The highest BCUT2D eigenvalue weighted by atomic mass is 14.6. The molecule has 0 aromatic rings. The molecule has 0 bridgehead atoms. The van der Waals surface area contributed by atoms with E-state index in [1.165, 1.54) is 25.7 Å². The first-order chi connectivity index (χ1) is 6.96. The summed E-state index contributed by atoms with van der Waals surface area (Å²) in [7, 11) is 0. The molecule has 0 unspecified atom stereocenters. The van der Waals surface area contributed by atoms with Crippen LogP contribution in [0.4, 0.5) is 0 Å². The lowest BCUT2D eigenvalue weighted by atomic mass is 9.68. The van der Waals surface area contributed by atoms with Gasteiger partial charge in [0.25, 0.3) is 0 Å². The molecule has 0 radical (unpaired) electrons. The molecule has 1 spiro atoms. The minimum Gasteiger partial charge on any atom is -0.0790 e. The van der Waals surface area contributed by atoms with Gasteiger partial charge >= 0.3 is 0 Å². The van der Waals surface area contributed by atoms with Gasteiger partial charge in [0.15, 0.2) is 0 Å². The van der Waals surface area contributed by atoms with Crippen molar-refractivity contribution in [2.75, 3.05) is 0 Å². The van der Waals surface area contributed by atoms with E-state index < -0.39 is 0 Å². The van der Waals surface area contributed by atoms with E-state index in [-0.39, 0.29) is 0 Å². The second-order valence-corrected chi connectivity index (χ2v) is 7.14. The topological polar surface area (TPSA) is 0 Å². The maximum atomic E-state index is 2.63. The van der Waals surface area contributed by atoms with Crippen molar-refractivity contribution in [3.8, 4) is 0 Å². The van der Waals surface area contributed by atoms with E-state index in [0.717, 1.165) is 17.8 Å². The lowest BCUT2D eigenvalue weighted by Gasteiger charge is -2.36. The highest BCUT2D eigenvalue weighted by molar-refractivity contribution is 5.34. The monoisotopic (exact) mass is 204 g/mol. The molecule has 0 aromatic carbocycles. The summed E-state index contributed by atoms with van der Waals surface area (Å²) in [5.74, 6) is 2.92. The van der Waals surface area contributed by atoms with Gasteiger partial charge < -0.3 is 0 Å². The van der Waals surface area contributed by atoms with Crippen LogP contribution in [0.15, 0.2) is 11.6 Å². The first-order valence-corrected chi connectivity index (χ1v) is 6.68. The second-order valence-electron chi connectivity index (χ2n) is 7.14. The largest absolute Gasteiger partial charge is 0.0790 e. The van der Waals surface area contributed by atoms with Gasteiger partial charge in [-0.3, -0.25) is 0 Å². The summed E-state index contributed by atoms with van der Waals surface area (Å²) in [6.07, 6.45) is 8.44. The number of hydrogen-bond acceptors (Lipinski definition) is 0. The molecule has 4 atom stereocenters. The standard InChI is InChI=1S/C15H24/c1-10-7-12-8-14(3,4)9-15(12)11(2)5-6-13(10)15/h8,10-11,13H,5-7,9H2,1-4H3/t10-,11-,13+,15-/m1/s1. The van der Waals surface area contributed by atoms with Crippen molar-refractivity contribution in [3.05, 3.63) is 11.6 Å². The van der Waals surface area contributed by atoms with E-state index in [4.69, 9.17) is 0 Å². The van der Waals surface area contributed by atoms with Crippen molar-refractivity contribution in [2.24, 2.45) is 28.6 Å². The Hall–Kier alpha value is -0.260. The van der Waals surface area contributed by atoms with Gasteiger partial charge in [0, 0.05) is 0 Å². The molecule has 3 rings (SSSR count). The lowest BCUT2D eigenvalue weighted by molar-refractivity contribution is 0.158. The van der Waals surface area contributed by atoms with Crippen LogP contribution in [-0.4, -0.2) is 0 Å². The molecule has 0 saturated heterocycles. The van der Waals surface area contributed by atoms with Crippen molar-refractivity contribution in [3.63, 3.8) is 0 Å². The fraction of sp³-hybridized carbons (Fsp3) is 0.867. The fourth-order valence-corrected chi connectivity index (χ4v) is 5.22. The van der Waals surface area contributed by atoms with Crippen LogP contribution in [0.1, 0.15) is 53.4 Å². The van der Waals surface area contributed by atoms with Gasteiger partial charge in [0.1, 0.15) is 0 Å². The molecule has 84 valence electrons. The van der Waals surface area contributed by atoms with E-state index >= 15 is 0 Å². The van der Waals surface area contributed by atoms with Gasteiger partial charge in [-0.05, 0) is 54.3 Å². The summed E-state index contributed by atoms with van der Waals surface area (Å²) >= 11 is 0. The molecule has 15 heavy (non-hydrogen) atoms. The quantitative estimate of drug-likeness (QED) is 0.513. The summed E-state index contributed by atoms with van der Waals surface area (Å²) in [5, 5.41) is 0. The molecular formula is C15H24. The molecule has 3 aliphatic carbocycles. The molecule has 2 fully saturated rings. The molecule has 0 amide bonds. The summed E-state index contributed by atoms with van der Waals surface area (Å²) < 4.78 is 0. The Morgan fingerprint density at radius 1 is 1.20 bits per heavy atom. The average molecular weight is 204 g/mol. The van der Waals surface area contributed by atoms with Crippen LogP contribution in [0, 0.1) is 28.6 Å². The van der Waals surface area contributed by atoms with Gasteiger partial charge in [-0.25, -0.2) is 0 Å². The van der Waals surface area contributed by atoms with Crippen molar-refractivity contribution in [2.45, 2.75) is 53.4 Å². The third-order valence-electron chi connectivity index (χ3n) is 5.59. The molecular weight excluding hydrogens is 180 g/mol. The van der Waals surface area contributed by atoms with Gasteiger partial charge in [0.05, 0.1) is 0 Å². The maximum absolute atomic E-state index is 2.63. The van der Waals surface area contributed by atoms with Crippen LogP contribution in [0.3, 0.4) is 0 Å². The lowest BCUT2D eigenvalue weighted by Crippen LogP contribution is -2.29. The third-order valence-corrected chi connectivity index (χ3v) is 5.59. The predicted molar refractivity (Wildman–Crippen MR) is 64.6 cm³/mol. The van der Waals surface area contributed by atoms with Crippen LogP contribution in [0.2, 0.25) is 0 Å². The number of rotatable bonds is 0. The van der Waals surface area contributed by atoms with Crippen LogP contribution >= 0.6 is 0 Å². The fourth-order valence-electron chi connectivity index (χ4n) is 5.22. The maximum Gasteiger partial charge on any atom is -0.00233 e. The van der Waals surface area contributed by atoms with Crippen LogP contribution in [-0.2, 0) is 0 Å². The predicted octanol–water partition coefficient (Wildman–Crippen LogP) is 4.42. The van der Waals surface area contributed by atoms with E-state index in [1.807, 2.05) is 5.57 Å². The first kappa shape index (κ1) is 9.93. The van der Waals surface area contributed by atoms with E-state index in [9.17, 15) is 0 Å². The van der Waals surface area contributed by atoms with Gasteiger partial charge in [-0.1, -0.05) is 39.3 Å². The SMILES string of the molecule is C[C@@H]1CC2=CC(C)(C)C[C@@]23[C@H](C)CC[C@@H]13. The Balaban J connectivity index is 2.08. The number of allylic oxidation sites excluding steroid dienone is 2. The zero-order chi connectivity index (χ0) is 10.8. The minimum absolute atomic E-state index is 0.478. The second kappa shape index (κ2) is 2.70. The molecule has 0 heterocycles. The highest BCUT2D eigenvalue weighted by Gasteiger charge is 2.60. The number of hydrogen-bond donors (Lipinski definition) is 0. The first-order valence-electron chi connectivity index (χ1n) is 6.68. The Morgan fingerprint density at radius 3 is 2.67 bits per heavy atom. The van der Waals surface area contributed by atoms with Gasteiger partial charge in [0.2, 0.25) is 0 Å². The molecule has 0 heteroatoms. The Bertz CT molecular complexity index is 323. The zero-order valence-corrected chi connectivity index (χ0v) is 10.6. The normalized spacial score (nSPS) is 51.5. The minimum atomic E-state index is 0.478. The molecule has 0 N–H and O–H groups in total. The highest BCUT2D eigenvalue weighted by Crippen LogP contribution is 2.69. The van der Waals surface area contributed by atoms with Crippen molar-refractivity contribution in [1.82, 2.24) is 0 Å². The smallest absolute Gasteiger partial charge is 0.00233 e. The van der Waals surface area contributed by atoms with Gasteiger partial charge in [-0.15, -0.1) is 0 Å². The summed E-state index contributed by atoms with van der Waals surface area (Å²) in [6, 6.07) is 0. The van der Waals surface area contributed by atoms with E-state index in [0.29, 0.717) is 10.8 Å². The van der Waals surface area contributed by atoms with Crippen molar-refractivity contribution >= 4 is 0 Å². The Kier molecular flexibility index (Phi) is 1.79. The van der Waals surface area contributed by atoms with E-state index in [2.05, 4.69) is 33.8 Å². The molecule has 0 nitrogen and oxygen atoms in total. The van der Waals surface area contributed by atoms with Gasteiger partial charge in [-0.2, -0.15) is 0 Å². The molecule has 0 aromatic heterocycles. The average Bonchev–Trinajstić information content (AvgIpc) is 2.61. The summed E-state index contributed by atoms with van der Waals surface area (Å²) in [5.41, 5.74) is 2.96. The summed E-state index contributed by atoms with van der Waals surface area (Å²) in [4.78, 5) is 0. The molecule has 3 aliphatic rings. The Labute approximate surface area is 94.1 Å².